The highest BCUT2D eigenvalue weighted by Crippen LogP contribution is 2.13. The van der Waals surface area contributed by atoms with Crippen molar-refractivity contribution in [3.63, 3.8) is 0 Å². The van der Waals surface area contributed by atoms with Crippen LogP contribution in [0.5, 0.6) is 0 Å². The summed E-state index contributed by atoms with van der Waals surface area (Å²) in [6, 6.07) is 3.86. The van der Waals surface area contributed by atoms with Crippen molar-refractivity contribution in [1.29, 1.82) is 0 Å². The van der Waals surface area contributed by atoms with Crippen LogP contribution in [0.1, 0.15) is 18.4 Å². The smallest absolute Gasteiger partial charge is 0.158 e. The van der Waals surface area contributed by atoms with Gasteiger partial charge in [0.1, 0.15) is 18.2 Å². The van der Waals surface area contributed by atoms with Crippen LogP contribution in [0.15, 0.2) is 18.3 Å². The lowest BCUT2D eigenvalue weighted by Gasteiger charge is -2.10. The van der Waals surface area contributed by atoms with Crippen LogP contribution < -0.4 is 10.6 Å². The van der Waals surface area contributed by atoms with Crippen LogP contribution in [0.2, 0.25) is 0 Å². The summed E-state index contributed by atoms with van der Waals surface area (Å²) in [6.07, 6.45) is 1.78. The van der Waals surface area contributed by atoms with E-state index in [9.17, 15) is 0 Å². The summed E-state index contributed by atoms with van der Waals surface area (Å²) in [6.45, 7) is 3.89. The first-order valence-electron chi connectivity index (χ1n) is 6.54. The Labute approximate surface area is 118 Å². The standard InChI is InChI=1S/C13H20N6O/c1-4-14-11-7-12(18-13(17-11)9-20-3)15-8-10-5-6-16-19(10)2/h5-7H,4,8-9H2,1-3H3,(H2,14,15,17,18). The second-order valence-electron chi connectivity index (χ2n) is 4.32. The second-order valence-corrected chi connectivity index (χ2v) is 4.32. The second kappa shape index (κ2) is 6.85. The van der Waals surface area contributed by atoms with Crippen LogP contribution in [-0.2, 0) is 24.9 Å². The summed E-state index contributed by atoms with van der Waals surface area (Å²) in [4.78, 5) is 8.79. The van der Waals surface area contributed by atoms with Gasteiger partial charge < -0.3 is 15.4 Å². The predicted molar refractivity (Wildman–Crippen MR) is 77.4 cm³/mol. The number of aromatic nitrogens is 4. The van der Waals surface area contributed by atoms with Gasteiger partial charge in [0.05, 0.1) is 12.2 Å². The van der Waals surface area contributed by atoms with Crippen molar-refractivity contribution < 1.29 is 4.74 Å². The zero-order valence-corrected chi connectivity index (χ0v) is 12.1. The van der Waals surface area contributed by atoms with Crippen molar-refractivity contribution in [2.24, 2.45) is 7.05 Å². The maximum Gasteiger partial charge on any atom is 0.158 e. The highest BCUT2D eigenvalue weighted by atomic mass is 16.5. The molecule has 0 amide bonds. The first kappa shape index (κ1) is 14.3. The normalized spacial score (nSPS) is 10.6. The molecule has 0 aromatic carbocycles. The highest BCUT2D eigenvalue weighted by Gasteiger charge is 2.05. The molecular formula is C13H20N6O. The Hall–Kier alpha value is -2.15. The lowest BCUT2D eigenvalue weighted by atomic mass is 10.4. The molecule has 0 bridgehead atoms. The largest absolute Gasteiger partial charge is 0.377 e. The molecule has 0 unspecified atom stereocenters. The van der Waals surface area contributed by atoms with E-state index in [1.807, 2.05) is 30.8 Å². The van der Waals surface area contributed by atoms with Crippen LogP contribution >= 0.6 is 0 Å². The van der Waals surface area contributed by atoms with E-state index in [2.05, 4.69) is 25.7 Å². The van der Waals surface area contributed by atoms with Gasteiger partial charge >= 0.3 is 0 Å². The molecule has 2 rings (SSSR count). The van der Waals surface area contributed by atoms with Gasteiger partial charge in [0.2, 0.25) is 0 Å². The van der Waals surface area contributed by atoms with E-state index in [0.29, 0.717) is 19.0 Å². The van der Waals surface area contributed by atoms with Gasteiger partial charge in [-0.1, -0.05) is 0 Å². The fourth-order valence-corrected chi connectivity index (χ4v) is 1.81. The quantitative estimate of drug-likeness (QED) is 0.796. The zero-order chi connectivity index (χ0) is 14.4. The third-order valence-corrected chi connectivity index (χ3v) is 2.78. The van der Waals surface area contributed by atoms with Gasteiger partial charge in [-0.25, -0.2) is 9.97 Å². The van der Waals surface area contributed by atoms with Gasteiger partial charge in [-0.15, -0.1) is 0 Å². The maximum absolute atomic E-state index is 5.09. The molecular weight excluding hydrogens is 256 g/mol. The van der Waals surface area contributed by atoms with Crippen LogP contribution in [0.4, 0.5) is 11.6 Å². The summed E-state index contributed by atoms with van der Waals surface area (Å²) in [7, 11) is 3.55. The Morgan fingerprint density at radius 3 is 2.60 bits per heavy atom. The monoisotopic (exact) mass is 276 g/mol. The van der Waals surface area contributed by atoms with Gasteiger partial charge in [0.25, 0.3) is 0 Å². The molecule has 2 N–H and O–H groups in total. The summed E-state index contributed by atoms with van der Waals surface area (Å²) in [5, 5.41) is 10.6. The third kappa shape index (κ3) is 3.67. The zero-order valence-electron chi connectivity index (χ0n) is 12.1. The molecule has 2 heterocycles. The molecule has 0 aliphatic heterocycles. The summed E-state index contributed by atoms with van der Waals surface area (Å²) >= 11 is 0. The topological polar surface area (TPSA) is 76.9 Å². The van der Waals surface area contributed by atoms with Crippen LogP contribution in [0.25, 0.3) is 0 Å². The van der Waals surface area contributed by atoms with E-state index in [1.165, 1.54) is 0 Å². The number of anilines is 2. The minimum atomic E-state index is 0.389. The lowest BCUT2D eigenvalue weighted by molar-refractivity contribution is 0.178. The van der Waals surface area contributed by atoms with E-state index in [4.69, 9.17) is 4.74 Å². The van der Waals surface area contributed by atoms with Crippen molar-refractivity contribution >= 4 is 11.6 Å². The molecule has 108 valence electrons. The van der Waals surface area contributed by atoms with Crippen molar-refractivity contribution in [3.05, 3.63) is 29.8 Å². The molecule has 0 radical (unpaired) electrons. The van der Waals surface area contributed by atoms with Gasteiger partial charge in [-0.3, -0.25) is 4.68 Å². The Morgan fingerprint density at radius 2 is 2.00 bits per heavy atom. The molecule has 0 atom stereocenters. The minimum Gasteiger partial charge on any atom is -0.377 e. The molecule has 0 aliphatic rings. The molecule has 2 aromatic rings. The van der Waals surface area contributed by atoms with Gasteiger partial charge in [0.15, 0.2) is 5.82 Å². The third-order valence-electron chi connectivity index (χ3n) is 2.78. The average Bonchev–Trinajstić information content (AvgIpc) is 2.83. The maximum atomic E-state index is 5.09. The number of methoxy groups -OCH3 is 1. The molecule has 7 heteroatoms. The molecule has 20 heavy (non-hydrogen) atoms. The molecule has 0 saturated carbocycles. The van der Waals surface area contributed by atoms with E-state index in [0.717, 1.165) is 23.9 Å². The fraction of sp³-hybridized carbons (Fsp3) is 0.462. The van der Waals surface area contributed by atoms with Gasteiger partial charge in [0, 0.05) is 33.0 Å². The Kier molecular flexibility index (Phi) is 4.89. The van der Waals surface area contributed by atoms with Crippen molar-refractivity contribution in [2.75, 3.05) is 24.3 Å². The first-order chi connectivity index (χ1) is 9.72. The minimum absolute atomic E-state index is 0.389. The van der Waals surface area contributed by atoms with Gasteiger partial charge in [-0.05, 0) is 13.0 Å². The predicted octanol–water partition coefficient (Wildman–Crippen LogP) is 1.40. The molecule has 0 spiro atoms. The first-order valence-corrected chi connectivity index (χ1v) is 6.54. The SMILES string of the molecule is CCNc1cc(NCc2ccnn2C)nc(COC)n1. The number of aryl methyl sites for hydroxylation is 1. The van der Waals surface area contributed by atoms with Crippen molar-refractivity contribution in [3.8, 4) is 0 Å². The number of hydrogen-bond acceptors (Lipinski definition) is 6. The molecule has 7 nitrogen and oxygen atoms in total. The number of ether oxygens (including phenoxy) is 1. The van der Waals surface area contributed by atoms with Crippen LogP contribution in [-0.4, -0.2) is 33.4 Å². The van der Waals surface area contributed by atoms with E-state index >= 15 is 0 Å². The molecule has 0 aliphatic carbocycles. The number of hydrogen-bond donors (Lipinski definition) is 2. The molecule has 2 aromatic heterocycles. The summed E-state index contributed by atoms with van der Waals surface area (Å²) in [5.41, 5.74) is 1.09. The van der Waals surface area contributed by atoms with Crippen molar-refractivity contribution in [1.82, 2.24) is 19.7 Å². The summed E-state index contributed by atoms with van der Waals surface area (Å²) in [5.74, 6) is 2.21. The van der Waals surface area contributed by atoms with E-state index in [1.54, 1.807) is 13.3 Å². The number of nitrogens with one attached hydrogen (secondary N) is 2. The summed E-state index contributed by atoms with van der Waals surface area (Å²) < 4.78 is 6.92. The molecule has 0 fully saturated rings. The molecule has 0 saturated heterocycles. The Morgan fingerprint density at radius 1 is 1.25 bits per heavy atom. The van der Waals surface area contributed by atoms with E-state index in [-0.39, 0.29) is 0 Å². The van der Waals surface area contributed by atoms with Crippen LogP contribution in [0.3, 0.4) is 0 Å². The fourth-order valence-electron chi connectivity index (χ4n) is 1.81. The van der Waals surface area contributed by atoms with Crippen LogP contribution in [0, 0.1) is 0 Å². The van der Waals surface area contributed by atoms with E-state index < -0.39 is 0 Å². The number of nitrogens with zero attached hydrogens (tertiary/aromatic N) is 4. The Bertz CT molecular complexity index is 529. The average molecular weight is 276 g/mol. The Balaban J connectivity index is 2.11. The highest BCUT2D eigenvalue weighted by molar-refractivity contribution is 5.47. The number of rotatable bonds is 7. The van der Waals surface area contributed by atoms with Crippen molar-refractivity contribution in [2.45, 2.75) is 20.1 Å². The van der Waals surface area contributed by atoms with Gasteiger partial charge in [-0.2, -0.15) is 5.10 Å². The lowest BCUT2D eigenvalue weighted by Crippen LogP contribution is -2.10.